The average molecular weight is 371 g/mol. The quantitative estimate of drug-likeness (QED) is 0.453. The van der Waals surface area contributed by atoms with Gasteiger partial charge in [-0.25, -0.2) is 4.98 Å². The largest absolute Gasteiger partial charge is 0.302 e. The van der Waals surface area contributed by atoms with Crippen molar-refractivity contribution in [1.82, 2.24) is 9.55 Å². The molecule has 0 unspecified atom stereocenters. The van der Waals surface area contributed by atoms with E-state index in [1.54, 1.807) is 0 Å². The second kappa shape index (κ2) is 6.30. The second-order valence-corrected chi connectivity index (χ2v) is 7.93. The fraction of sp³-hybridized carbons (Fsp3) is 0.280. The summed E-state index contributed by atoms with van der Waals surface area (Å²) in [6, 6.07) is 14.4. The molecule has 0 fully saturated rings. The first-order valence-electron chi connectivity index (χ1n) is 10.9. The van der Waals surface area contributed by atoms with E-state index in [0.717, 1.165) is 45.4 Å². The number of allylic oxidation sites excluding steroid dienone is 1. The van der Waals surface area contributed by atoms with Gasteiger partial charge in [-0.3, -0.25) is 0 Å². The van der Waals surface area contributed by atoms with Crippen molar-refractivity contribution in [3.63, 3.8) is 0 Å². The van der Waals surface area contributed by atoms with Crippen LogP contribution in [0.2, 0.25) is 0 Å². The van der Waals surface area contributed by atoms with Crippen LogP contribution in [0.4, 0.5) is 0 Å². The molecule has 1 aliphatic heterocycles. The number of rotatable bonds is 3. The van der Waals surface area contributed by atoms with Gasteiger partial charge in [0.15, 0.2) is 0 Å². The van der Waals surface area contributed by atoms with Gasteiger partial charge in [0.2, 0.25) is 11.2 Å². The van der Waals surface area contributed by atoms with Crippen LogP contribution in [0.5, 0.6) is 0 Å². The molecule has 0 bridgehead atoms. The average Bonchev–Trinajstić information content (AvgIpc) is 3.30. The molecule has 0 amide bonds. The molecule has 0 saturated carbocycles. The monoisotopic (exact) mass is 370 g/mol. The molecule has 1 aliphatic rings. The van der Waals surface area contributed by atoms with Crippen molar-refractivity contribution in [2.45, 2.75) is 33.6 Å². The maximum Gasteiger partial charge on any atom is 0.215 e. The number of nitrogens with zero attached hydrogens (tertiary/aromatic N) is 3. The zero-order valence-electron chi connectivity index (χ0n) is 18.8. The smallest absolute Gasteiger partial charge is 0.215 e. The standard InChI is InChI=1S/C25H26N3/c1-16(2)15-18-7-5-8-21-19(18)11-13-22(27(21)4)24-17(3)10-12-20-25(24)28-14-6-9-23(28)26-20/h5-8,10-14,16H,9,15H2,1-4H3/q+1/i15D2. The highest BCUT2D eigenvalue weighted by Gasteiger charge is 2.24. The number of aryl methyl sites for hydroxylation is 2. The van der Waals surface area contributed by atoms with Gasteiger partial charge in [0, 0.05) is 32.9 Å². The van der Waals surface area contributed by atoms with Crippen molar-refractivity contribution in [1.29, 1.82) is 0 Å². The van der Waals surface area contributed by atoms with E-state index in [-0.39, 0.29) is 5.92 Å². The molecule has 3 nitrogen and oxygen atoms in total. The van der Waals surface area contributed by atoms with Gasteiger partial charge in [0.25, 0.3) is 0 Å². The third kappa shape index (κ3) is 2.50. The minimum absolute atomic E-state index is 0.106. The number of fused-ring (bicyclic) bond motifs is 4. The van der Waals surface area contributed by atoms with E-state index >= 15 is 0 Å². The van der Waals surface area contributed by atoms with Gasteiger partial charge in [-0.2, -0.15) is 4.57 Å². The van der Waals surface area contributed by atoms with Crippen molar-refractivity contribution in [3.05, 3.63) is 65.5 Å². The Morgan fingerprint density at radius 2 is 2.04 bits per heavy atom. The van der Waals surface area contributed by atoms with E-state index < -0.39 is 6.37 Å². The summed E-state index contributed by atoms with van der Waals surface area (Å²) in [4.78, 5) is 4.82. The summed E-state index contributed by atoms with van der Waals surface area (Å²) < 4.78 is 21.7. The molecule has 0 aliphatic carbocycles. The Hall–Kier alpha value is -2.94. The lowest BCUT2D eigenvalue weighted by Gasteiger charge is -2.12. The minimum Gasteiger partial charge on any atom is -0.302 e. The summed E-state index contributed by atoms with van der Waals surface area (Å²) in [5.74, 6) is 0.970. The first-order chi connectivity index (χ1) is 14.3. The molecule has 5 rings (SSSR count). The lowest BCUT2D eigenvalue weighted by atomic mass is 9.97. The minimum atomic E-state index is -1.39. The highest BCUT2D eigenvalue weighted by molar-refractivity contribution is 5.95. The lowest BCUT2D eigenvalue weighted by molar-refractivity contribution is -0.633. The van der Waals surface area contributed by atoms with Crippen LogP contribution in [0.25, 0.3) is 39.4 Å². The molecule has 0 radical (unpaired) electrons. The fourth-order valence-electron chi connectivity index (χ4n) is 4.34. The van der Waals surface area contributed by atoms with Crippen LogP contribution in [0, 0.1) is 12.8 Å². The van der Waals surface area contributed by atoms with E-state index in [0.29, 0.717) is 0 Å². The number of aromatic nitrogens is 3. The molecule has 3 heterocycles. The number of benzene rings is 2. The van der Waals surface area contributed by atoms with Crippen LogP contribution >= 0.6 is 0 Å². The predicted octanol–water partition coefficient (Wildman–Crippen LogP) is 5.21. The zero-order valence-corrected chi connectivity index (χ0v) is 16.8. The van der Waals surface area contributed by atoms with Gasteiger partial charge in [-0.15, -0.1) is 0 Å². The van der Waals surface area contributed by atoms with E-state index in [1.165, 1.54) is 11.1 Å². The molecule has 0 spiro atoms. The van der Waals surface area contributed by atoms with Gasteiger partial charge < -0.3 is 4.57 Å². The second-order valence-electron chi connectivity index (χ2n) is 7.93. The van der Waals surface area contributed by atoms with Gasteiger partial charge in [-0.1, -0.05) is 38.1 Å². The van der Waals surface area contributed by atoms with E-state index in [1.807, 2.05) is 26.0 Å². The number of hydrogen-bond acceptors (Lipinski definition) is 1. The van der Waals surface area contributed by atoms with Crippen LogP contribution in [-0.2, 0) is 19.8 Å². The first kappa shape index (κ1) is 15.0. The molecule has 4 aromatic rings. The molecular formula is C25H26N3+. The molecule has 0 atom stereocenters. The third-order valence-corrected chi connectivity index (χ3v) is 5.60. The predicted molar refractivity (Wildman–Crippen MR) is 116 cm³/mol. The fourth-order valence-corrected chi connectivity index (χ4v) is 4.34. The van der Waals surface area contributed by atoms with Gasteiger partial charge in [0.05, 0.1) is 16.6 Å². The van der Waals surface area contributed by atoms with E-state index in [2.05, 4.69) is 65.7 Å². The summed E-state index contributed by atoms with van der Waals surface area (Å²) >= 11 is 0. The maximum absolute atomic E-state index is 8.64. The van der Waals surface area contributed by atoms with Gasteiger partial charge >= 0.3 is 0 Å². The summed E-state index contributed by atoms with van der Waals surface area (Å²) in [5.41, 5.74) is 7.43. The van der Waals surface area contributed by atoms with Crippen molar-refractivity contribution in [3.8, 4) is 11.3 Å². The molecule has 0 saturated heterocycles. The van der Waals surface area contributed by atoms with Crippen LogP contribution in [0.3, 0.4) is 0 Å². The van der Waals surface area contributed by atoms with E-state index in [4.69, 9.17) is 7.73 Å². The van der Waals surface area contributed by atoms with Crippen molar-refractivity contribution < 1.29 is 7.31 Å². The summed E-state index contributed by atoms with van der Waals surface area (Å²) in [6.07, 6.45) is 3.74. The van der Waals surface area contributed by atoms with Crippen LogP contribution < -0.4 is 4.57 Å². The summed E-state index contributed by atoms with van der Waals surface area (Å²) in [6.45, 7) is 6.02. The molecule has 0 N–H and O–H groups in total. The third-order valence-electron chi connectivity index (χ3n) is 5.60. The molecule has 2 aromatic heterocycles. The maximum atomic E-state index is 8.64. The van der Waals surface area contributed by atoms with Crippen LogP contribution in [0.15, 0.2) is 48.5 Å². The van der Waals surface area contributed by atoms with Crippen LogP contribution in [0.1, 0.15) is 33.5 Å². The molecular weight excluding hydrogens is 342 g/mol. The Bertz CT molecular complexity index is 1350. The highest BCUT2D eigenvalue weighted by Crippen LogP contribution is 2.34. The Kier molecular flexibility index (Phi) is 3.38. The normalized spacial score (nSPS) is 14.8. The van der Waals surface area contributed by atoms with Gasteiger partial charge in [0.1, 0.15) is 12.9 Å². The number of pyridine rings is 1. The Morgan fingerprint density at radius 3 is 2.86 bits per heavy atom. The Labute approximate surface area is 168 Å². The molecule has 140 valence electrons. The molecule has 2 aromatic carbocycles. The number of hydrogen-bond donors (Lipinski definition) is 0. The van der Waals surface area contributed by atoms with Gasteiger partial charge in [-0.05, 0) is 42.5 Å². The zero-order chi connectivity index (χ0) is 21.2. The molecule has 28 heavy (non-hydrogen) atoms. The topological polar surface area (TPSA) is 21.7 Å². The lowest BCUT2D eigenvalue weighted by Crippen LogP contribution is -2.32. The van der Waals surface area contributed by atoms with Crippen molar-refractivity contribution in [2.75, 3.05) is 0 Å². The summed E-state index contributed by atoms with van der Waals surface area (Å²) in [5, 5.41) is 0.964. The highest BCUT2D eigenvalue weighted by atomic mass is 15.1. The Morgan fingerprint density at radius 1 is 1.18 bits per heavy atom. The van der Waals surface area contributed by atoms with Crippen LogP contribution in [-0.4, -0.2) is 9.55 Å². The van der Waals surface area contributed by atoms with E-state index in [9.17, 15) is 0 Å². The SMILES string of the molecule is [2H]C([2H])(c1cccc2c1ccc(-c1c(C)ccc3nc4n(c13)C=CC4)[n+]2C)C(C)C. The first-order valence-corrected chi connectivity index (χ1v) is 9.90. The van der Waals surface area contributed by atoms with Crippen molar-refractivity contribution >= 4 is 28.1 Å². The molecule has 3 heteroatoms. The Balaban J connectivity index is 1.82. The number of imidazole rings is 1. The van der Waals surface area contributed by atoms with Crippen molar-refractivity contribution in [2.24, 2.45) is 13.0 Å². The summed E-state index contributed by atoms with van der Waals surface area (Å²) in [7, 11) is 2.07.